The number of nitrogens with zero attached hydrogens (tertiary/aromatic N) is 1. The van der Waals surface area contributed by atoms with Crippen LogP contribution in [0.1, 0.15) is 22.8 Å². The lowest BCUT2D eigenvalue weighted by Crippen LogP contribution is -2.08. The number of benzene rings is 1. The zero-order valence-electron chi connectivity index (χ0n) is 8.91. The summed E-state index contributed by atoms with van der Waals surface area (Å²) in [6.07, 6.45) is 0. The van der Waals surface area contributed by atoms with Gasteiger partial charge < -0.3 is 9.47 Å². The van der Waals surface area contributed by atoms with Crippen LogP contribution in [0, 0.1) is 11.3 Å². The second kappa shape index (κ2) is 5.38. The number of hydrogen-bond acceptors (Lipinski definition) is 4. The highest BCUT2D eigenvalue weighted by atomic mass is 35.5. The van der Waals surface area contributed by atoms with E-state index in [1.54, 1.807) is 6.92 Å². The van der Waals surface area contributed by atoms with Crippen molar-refractivity contribution in [2.24, 2.45) is 0 Å². The summed E-state index contributed by atoms with van der Waals surface area (Å²) in [5.41, 5.74) is 0.249. The number of carbonyl (C=O) groups is 1. The minimum atomic E-state index is -0.561. The van der Waals surface area contributed by atoms with Gasteiger partial charge in [-0.2, -0.15) is 5.26 Å². The fraction of sp³-hybridized carbons (Fsp3) is 0.273. The molecular formula is C11H10ClNO3. The summed E-state index contributed by atoms with van der Waals surface area (Å²) < 4.78 is 9.79. The summed E-state index contributed by atoms with van der Waals surface area (Å²) in [4.78, 5) is 11.5. The van der Waals surface area contributed by atoms with Crippen LogP contribution < -0.4 is 4.74 Å². The summed E-state index contributed by atoms with van der Waals surface area (Å²) >= 11 is 5.83. The fourth-order valence-corrected chi connectivity index (χ4v) is 1.48. The Hall–Kier alpha value is -1.73. The maximum atomic E-state index is 11.5. The van der Waals surface area contributed by atoms with Gasteiger partial charge in [-0.25, -0.2) is 4.79 Å². The van der Waals surface area contributed by atoms with Crippen molar-refractivity contribution in [2.45, 2.75) is 6.92 Å². The van der Waals surface area contributed by atoms with Crippen molar-refractivity contribution >= 4 is 17.6 Å². The van der Waals surface area contributed by atoms with Crippen LogP contribution in [0.15, 0.2) is 12.1 Å². The lowest BCUT2D eigenvalue weighted by Gasteiger charge is -2.09. The first-order valence-electron chi connectivity index (χ1n) is 4.59. The Morgan fingerprint density at radius 3 is 2.75 bits per heavy atom. The second-order valence-electron chi connectivity index (χ2n) is 2.84. The van der Waals surface area contributed by atoms with Crippen molar-refractivity contribution in [1.82, 2.24) is 0 Å². The van der Waals surface area contributed by atoms with E-state index in [9.17, 15) is 4.79 Å². The zero-order chi connectivity index (χ0) is 12.1. The fourth-order valence-electron chi connectivity index (χ4n) is 1.25. The van der Waals surface area contributed by atoms with E-state index in [2.05, 4.69) is 0 Å². The number of rotatable bonds is 3. The van der Waals surface area contributed by atoms with Gasteiger partial charge in [0.2, 0.25) is 0 Å². The van der Waals surface area contributed by atoms with Crippen LogP contribution in [0.3, 0.4) is 0 Å². The molecule has 4 nitrogen and oxygen atoms in total. The molecule has 1 aromatic carbocycles. The number of halogens is 1. The maximum Gasteiger partial charge on any atom is 0.339 e. The maximum absolute atomic E-state index is 11.5. The predicted octanol–water partition coefficient (Wildman–Crippen LogP) is 2.40. The molecular weight excluding hydrogens is 230 g/mol. The normalized spacial score (nSPS) is 9.38. The SMILES string of the molecule is CCOC(=O)c1ccc(Cl)c(OC)c1C#N. The number of carbonyl (C=O) groups excluding carboxylic acids is 1. The number of esters is 1. The van der Waals surface area contributed by atoms with Crippen LogP contribution in [0.25, 0.3) is 0 Å². The highest BCUT2D eigenvalue weighted by Gasteiger charge is 2.18. The van der Waals surface area contributed by atoms with Crippen molar-refractivity contribution in [3.05, 3.63) is 28.3 Å². The first-order chi connectivity index (χ1) is 7.65. The Morgan fingerprint density at radius 1 is 1.56 bits per heavy atom. The molecule has 0 unspecified atom stereocenters. The van der Waals surface area contributed by atoms with Crippen LogP contribution in [0.4, 0.5) is 0 Å². The largest absolute Gasteiger partial charge is 0.494 e. The number of hydrogen-bond donors (Lipinski definition) is 0. The van der Waals surface area contributed by atoms with Crippen LogP contribution in [-0.4, -0.2) is 19.7 Å². The molecule has 1 rings (SSSR count). The van der Waals surface area contributed by atoms with E-state index in [0.29, 0.717) is 0 Å². The number of nitriles is 1. The van der Waals surface area contributed by atoms with E-state index >= 15 is 0 Å². The zero-order valence-corrected chi connectivity index (χ0v) is 9.67. The molecule has 0 aromatic heterocycles. The molecule has 0 amide bonds. The Bertz CT molecular complexity index is 451. The van der Waals surface area contributed by atoms with Crippen molar-refractivity contribution in [1.29, 1.82) is 5.26 Å². The van der Waals surface area contributed by atoms with Gasteiger partial charge in [0.15, 0.2) is 5.75 Å². The monoisotopic (exact) mass is 239 g/mol. The van der Waals surface area contributed by atoms with Crippen LogP contribution >= 0.6 is 11.6 Å². The molecule has 0 atom stereocenters. The molecule has 84 valence electrons. The van der Waals surface area contributed by atoms with E-state index in [0.717, 1.165) is 0 Å². The molecule has 16 heavy (non-hydrogen) atoms. The van der Waals surface area contributed by atoms with E-state index in [4.69, 9.17) is 26.3 Å². The molecule has 5 heteroatoms. The van der Waals surface area contributed by atoms with Crippen molar-refractivity contribution in [3.8, 4) is 11.8 Å². The average molecular weight is 240 g/mol. The van der Waals surface area contributed by atoms with Crippen molar-refractivity contribution < 1.29 is 14.3 Å². The molecule has 0 saturated carbocycles. The van der Waals surface area contributed by atoms with Crippen molar-refractivity contribution in [3.63, 3.8) is 0 Å². The smallest absolute Gasteiger partial charge is 0.339 e. The molecule has 0 radical (unpaired) electrons. The van der Waals surface area contributed by atoms with Gasteiger partial charge in [0, 0.05) is 0 Å². The lowest BCUT2D eigenvalue weighted by atomic mass is 10.1. The van der Waals surface area contributed by atoms with Gasteiger partial charge >= 0.3 is 5.97 Å². The van der Waals surface area contributed by atoms with Gasteiger partial charge in [0.05, 0.1) is 24.3 Å². The van der Waals surface area contributed by atoms with E-state index in [1.165, 1.54) is 19.2 Å². The Morgan fingerprint density at radius 2 is 2.25 bits per heavy atom. The highest BCUT2D eigenvalue weighted by Crippen LogP contribution is 2.30. The van der Waals surface area contributed by atoms with Crippen LogP contribution in [0.5, 0.6) is 5.75 Å². The van der Waals surface area contributed by atoms with Crippen LogP contribution in [-0.2, 0) is 4.74 Å². The minimum absolute atomic E-state index is 0.0912. The van der Waals surface area contributed by atoms with Gasteiger partial charge in [-0.15, -0.1) is 0 Å². The molecule has 0 fully saturated rings. The van der Waals surface area contributed by atoms with Gasteiger partial charge in [-0.3, -0.25) is 0 Å². The Labute approximate surface area is 98.3 Å². The summed E-state index contributed by atoms with van der Waals surface area (Å²) in [6.45, 7) is 1.94. The van der Waals surface area contributed by atoms with Crippen LogP contribution in [0.2, 0.25) is 5.02 Å². The average Bonchev–Trinajstić information content (AvgIpc) is 2.28. The molecule has 0 aliphatic heterocycles. The lowest BCUT2D eigenvalue weighted by molar-refractivity contribution is 0.0525. The second-order valence-corrected chi connectivity index (χ2v) is 3.24. The summed E-state index contributed by atoms with van der Waals surface area (Å²) in [5, 5.41) is 9.26. The van der Waals surface area contributed by atoms with Gasteiger partial charge in [-0.05, 0) is 19.1 Å². The summed E-state index contributed by atoms with van der Waals surface area (Å²) in [5.74, 6) is -0.372. The van der Waals surface area contributed by atoms with Crippen molar-refractivity contribution in [2.75, 3.05) is 13.7 Å². The first kappa shape index (κ1) is 12.3. The number of ether oxygens (including phenoxy) is 2. The molecule has 0 saturated heterocycles. The summed E-state index contributed by atoms with van der Waals surface area (Å²) in [6, 6.07) is 4.82. The third-order valence-corrected chi connectivity index (χ3v) is 2.22. The van der Waals surface area contributed by atoms with Gasteiger partial charge in [0.1, 0.15) is 11.6 Å². The standard InChI is InChI=1S/C11H10ClNO3/c1-3-16-11(14)7-4-5-9(12)10(15-2)8(7)6-13/h4-5H,3H2,1-2H3. The Balaban J connectivity index is 3.31. The van der Waals surface area contributed by atoms with Gasteiger partial charge in [0.25, 0.3) is 0 Å². The molecule has 0 heterocycles. The third-order valence-electron chi connectivity index (χ3n) is 1.92. The molecule has 0 spiro atoms. The highest BCUT2D eigenvalue weighted by molar-refractivity contribution is 6.32. The summed E-state index contributed by atoms with van der Waals surface area (Å²) in [7, 11) is 1.39. The quantitative estimate of drug-likeness (QED) is 0.760. The third kappa shape index (κ3) is 2.26. The molecule has 0 bridgehead atoms. The molecule has 0 N–H and O–H groups in total. The first-order valence-corrected chi connectivity index (χ1v) is 4.97. The van der Waals surface area contributed by atoms with E-state index in [-0.39, 0.29) is 28.5 Å². The van der Waals surface area contributed by atoms with E-state index < -0.39 is 5.97 Å². The van der Waals surface area contributed by atoms with E-state index in [1.807, 2.05) is 6.07 Å². The predicted molar refractivity (Wildman–Crippen MR) is 58.7 cm³/mol. The molecule has 1 aromatic rings. The topological polar surface area (TPSA) is 59.3 Å². The van der Waals surface area contributed by atoms with Gasteiger partial charge in [-0.1, -0.05) is 11.6 Å². The number of methoxy groups -OCH3 is 1. The molecule has 0 aliphatic carbocycles. The Kier molecular flexibility index (Phi) is 4.15. The molecule has 0 aliphatic rings. The minimum Gasteiger partial charge on any atom is -0.494 e.